The Morgan fingerprint density at radius 2 is 2.00 bits per heavy atom. The Morgan fingerprint density at radius 3 is 2.78 bits per heavy atom. The molecule has 3 rings (SSSR count). The summed E-state index contributed by atoms with van der Waals surface area (Å²) in [4.78, 5) is 8.75. The van der Waals surface area contributed by atoms with Gasteiger partial charge in [0.1, 0.15) is 5.75 Å². The summed E-state index contributed by atoms with van der Waals surface area (Å²) >= 11 is 9.68. The highest BCUT2D eigenvalue weighted by atomic mass is 79.9. The fourth-order valence-electron chi connectivity index (χ4n) is 2.41. The highest BCUT2D eigenvalue weighted by Crippen LogP contribution is 2.38. The second-order valence-corrected chi connectivity index (χ2v) is 6.45. The lowest BCUT2D eigenvalue weighted by atomic mass is 10.0. The van der Waals surface area contributed by atoms with Crippen molar-refractivity contribution in [3.05, 3.63) is 62.7 Å². The number of aromatic hydroxyl groups is 1. The van der Waals surface area contributed by atoms with Gasteiger partial charge < -0.3 is 5.11 Å². The van der Waals surface area contributed by atoms with Crippen LogP contribution in [0.4, 0.5) is 5.69 Å². The van der Waals surface area contributed by atoms with Gasteiger partial charge >= 0.3 is 0 Å². The van der Waals surface area contributed by atoms with E-state index in [1.165, 1.54) is 0 Å². The molecule has 0 bridgehead atoms. The summed E-state index contributed by atoms with van der Waals surface area (Å²) in [5.41, 5.74) is 3.94. The Kier molecular flexibility index (Phi) is 4.37. The first kappa shape index (κ1) is 16.0. The average Bonchev–Trinajstić information content (AvgIpc) is 2.58. The van der Waals surface area contributed by atoms with E-state index in [0.717, 1.165) is 27.7 Å². The van der Waals surface area contributed by atoms with Crippen LogP contribution in [-0.2, 0) is 0 Å². The first-order chi connectivity index (χ1) is 11.0. The zero-order valence-electron chi connectivity index (χ0n) is 12.6. The van der Waals surface area contributed by atoms with Gasteiger partial charge in [-0.3, -0.25) is 9.98 Å². The molecule has 1 heterocycles. The first-order valence-corrected chi connectivity index (χ1v) is 8.22. The van der Waals surface area contributed by atoms with Crippen LogP contribution in [0.25, 0.3) is 10.9 Å². The number of phenolic OH excluding ortho intramolecular Hbond substituents is 1. The molecule has 1 N–H and O–H groups in total. The summed E-state index contributed by atoms with van der Waals surface area (Å²) in [6, 6.07) is 9.65. The minimum absolute atomic E-state index is 0.149. The molecule has 0 aliphatic rings. The summed E-state index contributed by atoms with van der Waals surface area (Å²) < 4.78 is 0.595. The van der Waals surface area contributed by atoms with E-state index in [-0.39, 0.29) is 5.75 Å². The van der Waals surface area contributed by atoms with Crippen molar-refractivity contribution >= 4 is 50.3 Å². The number of pyridine rings is 1. The number of rotatable bonds is 2. The van der Waals surface area contributed by atoms with E-state index in [1.807, 2.05) is 44.2 Å². The number of halogens is 2. The minimum Gasteiger partial charge on any atom is -0.506 e. The van der Waals surface area contributed by atoms with Gasteiger partial charge in [-0.1, -0.05) is 17.7 Å². The molecule has 0 atom stereocenters. The molecule has 3 aromatic rings. The monoisotopic (exact) mass is 388 g/mol. The smallest absolute Gasteiger partial charge is 0.139 e. The Morgan fingerprint density at radius 1 is 1.22 bits per heavy atom. The van der Waals surface area contributed by atoms with Crippen molar-refractivity contribution in [1.29, 1.82) is 0 Å². The Labute approximate surface area is 147 Å². The summed E-state index contributed by atoms with van der Waals surface area (Å²) in [7, 11) is 0. The second kappa shape index (κ2) is 6.30. The van der Waals surface area contributed by atoms with E-state index in [1.54, 1.807) is 12.4 Å². The highest BCUT2D eigenvalue weighted by molar-refractivity contribution is 9.10. The molecular weight excluding hydrogens is 376 g/mol. The van der Waals surface area contributed by atoms with E-state index in [9.17, 15) is 5.11 Å². The third-order valence-electron chi connectivity index (χ3n) is 3.78. The largest absolute Gasteiger partial charge is 0.506 e. The molecule has 1 aromatic heterocycles. The molecule has 0 radical (unpaired) electrons. The standard InChI is InChI=1S/C18H14BrClN2O/c1-10-14(18(23)16(19)11(2)17(10)20)9-22-13-5-6-15-12(8-13)4-3-7-21-15/h3-9,23H,1-2H3. The number of hydrogen-bond acceptors (Lipinski definition) is 3. The third kappa shape index (κ3) is 2.96. The van der Waals surface area contributed by atoms with Crippen molar-refractivity contribution in [2.24, 2.45) is 4.99 Å². The Hall–Kier alpha value is -1.91. The van der Waals surface area contributed by atoms with E-state index in [2.05, 4.69) is 25.9 Å². The van der Waals surface area contributed by atoms with Crippen LogP contribution in [0, 0.1) is 13.8 Å². The fourth-order valence-corrected chi connectivity index (χ4v) is 3.13. The lowest BCUT2D eigenvalue weighted by Gasteiger charge is -2.12. The average molecular weight is 390 g/mol. The van der Waals surface area contributed by atoms with Gasteiger partial charge in [-0.2, -0.15) is 0 Å². The highest BCUT2D eigenvalue weighted by Gasteiger charge is 2.15. The van der Waals surface area contributed by atoms with Crippen LogP contribution in [0.1, 0.15) is 16.7 Å². The number of fused-ring (bicyclic) bond motifs is 1. The van der Waals surface area contributed by atoms with Gasteiger partial charge in [-0.05, 0) is 65.2 Å². The normalized spacial score (nSPS) is 11.5. The maximum Gasteiger partial charge on any atom is 0.139 e. The SMILES string of the molecule is Cc1c(Cl)c(C)c(C=Nc2ccc3ncccc3c2)c(O)c1Br. The molecule has 0 saturated heterocycles. The van der Waals surface area contributed by atoms with E-state index < -0.39 is 0 Å². The predicted molar refractivity (Wildman–Crippen MR) is 99.3 cm³/mol. The van der Waals surface area contributed by atoms with Gasteiger partial charge in [0.2, 0.25) is 0 Å². The Bertz CT molecular complexity index is 909. The summed E-state index contributed by atoms with van der Waals surface area (Å²) in [5, 5.41) is 12.0. The molecule has 5 heteroatoms. The number of aliphatic imine (C=N–C) groups is 1. The van der Waals surface area contributed by atoms with Crippen molar-refractivity contribution in [2.45, 2.75) is 13.8 Å². The fraction of sp³-hybridized carbons (Fsp3) is 0.111. The summed E-state index contributed by atoms with van der Waals surface area (Å²) in [6.07, 6.45) is 3.40. The maximum atomic E-state index is 10.3. The molecule has 0 saturated carbocycles. The van der Waals surface area contributed by atoms with Gasteiger partial charge in [-0.15, -0.1) is 0 Å². The van der Waals surface area contributed by atoms with E-state index >= 15 is 0 Å². The van der Waals surface area contributed by atoms with Gasteiger partial charge in [0.15, 0.2) is 0 Å². The number of phenols is 1. The second-order valence-electron chi connectivity index (χ2n) is 5.28. The van der Waals surface area contributed by atoms with Gasteiger partial charge in [-0.25, -0.2) is 0 Å². The van der Waals surface area contributed by atoms with Crippen molar-refractivity contribution in [3.63, 3.8) is 0 Å². The molecule has 2 aromatic carbocycles. The molecule has 0 fully saturated rings. The summed E-state index contributed by atoms with van der Waals surface area (Å²) in [5.74, 6) is 0.149. The lowest BCUT2D eigenvalue weighted by Crippen LogP contribution is -1.94. The van der Waals surface area contributed by atoms with E-state index in [0.29, 0.717) is 15.1 Å². The first-order valence-electron chi connectivity index (χ1n) is 7.05. The molecule has 0 aliphatic heterocycles. The van der Waals surface area contributed by atoms with Crippen LogP contribution < -0.4 is 0 Å². The van der Waals surface area contributed by atoms with Crippen LogP contribution in [-0.4, -0.2) is 16.3 Å². The molecule has 3 nitrogen and oxygen atoms in total. The molecule has 0 aliphatic carbocycles. The van der Waals surface area contributed by atoms with Gasteiger partial charge in [0.05, 0.1) is 15.7 Å². The van der Waals surface area contributed by atoms with Crippen LogP contribution >= 0.6 is 27.5 Å². The van der Waals surface area contributed by atoms with Gasteiger partial charge in [0.25, 0.3) is 0 Å². The molecule has 0 amide bonds. The third-order valence-corrected chi connectivity index (χ3v) is 5.32. The molecule has 116 valence electrons. The van der Waals surface area contributed by atoms with Gasteiger partial charge in [0, 0.05) is 28.4 Å². The van der Waals surface area contributed by atoms with Crippen LogP contribution in [0.3, 0.4) is 0 Å². The number of benzene rings is 2. The molecule has 0 spiro atoms. The maximum absolute atomic E-state index is 10.3. The molecule has 23 heavy (non-hydrogen) atoms. The quantitative estimate of drug-likeness (QED) is 0.569. The molecule has 0 unspecified atom stereocenters. The predicted octanol–water partition coefficient (Wildman–Crippen LogP) is 5.72. The van der Waals surface area contributed by atoms with Crippen molar-refractivity contribution < 1.29 is 5.11 Å². The van der Waals surface area contributed by atoms with Crippen LogP contribution in [0.5, 0.6) is 5.75 Å². The number of hydrogen-bond donors (Lipinski definition) is 1. The van der Waals surface area contributed by atoms with Crippen molar-refractivity contribution in [3.8, 4) is 5.75 Å². The number of nitrogens with zero attached hydrogens (tertiary/aromatic N) is 2. The van der Waals surface area contributed by atoms with E-state index in [4.69, 9.17) is 11.6 Å². The van der Waals surface area contributed by atoms with Crippen molar-refractivity contribution in [1.82, 2.24) is 4.98 Å². The minimum atomic E-state index is 0.149. The molecular formula is C18H14BrClN2O. The van der Waals surface area contributed by atoms with Crippen molar-refractivity contribution in [2.75, 3.05) is 0 Å². The van der Waals surface area contributed by atoms with Crippen LogP contribution in [0.2, 0.25) is 5.02 Å². The zero-order valence-corrected chi connectivity index (χ0v) is 15.0. The topological polar surface area (TPSA) is 45.5 Å². The van der Waals surface area contributed by atoms with Crippen LogP contribution in [0.15, 0.2) is 46.0 Å². The lowest BCUT2D eigenvalue weighted by molar-refractivity contribution is 0.470. The summed E-state index contributed by atoms with van der Waals surface area (Å²) in [6.45, 7) is 3.73. The number of aromatic nitrogens is 1. The Balaban J connectivity index is 2.05. The zero-order chi connectivity index (χ0) is 16.6.